The molecule has 1 aromatic carbocycles. The zero-order valence-corrected chi connectivity index (χ0v) is 7.28. The minimum atomic E-state index is -4.38. The molecule has 0 aliphatic heterocycles. The second-order valence-electron chi connectivity index (χ2n) is 2.35. The van der Waals surface area contributed by atoms with Gasteiger partial charge in [-0.1, -0.05) is 6.07 Å². The number of benzene rings is 1. The third kappa shape index (κ3) is 1.85. The van der Waals surface area contributed by atoms with Crippen LogP contribution in [0.15, 0.2) is 23.1 Å². The second-order valence-corrected chi connectivity index (χ2v) is 3.74. The Morgan fingerprint density at radius 1 is 1.38 bits per heavy atom. The van der Waals surface area contributed by atoms with E-state index in [1.807, 2.05) is 0 Å². The van der Waals surface area contributed by atoms with E-state index in [2.05, 4.69) is 0 Å². The zero-order chi connectivity index (χ0) is 10.1. The van der Waals surface area contributed by atoms with E-state index in [4.69, 9.17) is 10.3 Å². The fourth-order valence-corrected chi connectivity index (χ4v) is 1.61. The second kappa shape index (κ2) is 3.15. The lowest BCUT2D eigenvalue weighted by Crippen LogP contribution is -2.05. The zero-order valence-electron chi connectivity index (χ0n) is 6.47. The summed E-state index contributed by atoms with van der Waals surface area (Å²) in [5, 5.41) is 0. The van der Waals surface area contributed by atoms with Gasteiger partial charge in [0.2, 0.25) is 0 Å². The van der Waals surface area contributed by atoms with E-state index in [0.29, 0.717) is 6.29 Å². The molecule has 1 aromatic rings. The fourth-order valence-electron chi connectivity index (χ4n) is 0.912. The van der Waals surface area contributed by atoms with Gasteiger partial charge in [0.05, 0.1) is 5.56 Å². The Kier molecular flexibility index (Phi) is 2.35. The van der Waals surface area contributed by atoms with Gasteiger partial charge < -0.3 is 5.73 Å². The highest BCUT2D eigenvalue weighted by molar-refractivity contribution is 7.86. The molecule has 0 saturated heterocycles. The molecule has 0 unspecified atom stereocenters. The van der Waals surface area contributed by atoms with Gasteiger partial charge in [-0.25, -0.2) is 0 Å². The van der Waals surface area contributed by atoms with Crippen molar-refractivity contribution in [3.8, 4) is 0 Å². The van der Waals surface area contributed by atoms with Crippen LogP contribution in [0.2, 0.25) is 0 Å². The van der Waals surface area contributed by atoms with Crippen LogP contribution in [-0.4, -0.2) is 19.3 Å². The molecule has 1 rings (SSSR count). The first kappa shape index (κ1) is 9.69. The summed E-state index contributed by atoms with van der Waals surface area (Å²) in [7, 11) is -4.38. The lowest BCUT2D eigenvalue weighted by atomic mass is 10.2. The highest BCUT2D eigenvalue weighted by Gasteiger charge is 2.16. The number of hydrogen-bond acceptors (Lipinski definition) is 4. The Hall–Kier alpha value is -1.40. The van der Waals surface area contributed by atoms with Crippen molar-refractivity contribution in [1.29, 1.82) is 0 Å². The highest BCUT2D eigenvalue weighted by Crippen LogP contribution is 2.18. The van der Waals surface area contributed by atoms with E-state index in [0.717, 1.165) is 6.07 Å². The average molecular weight is 201 g/mol. The summed E-state index contributed by atoms with van der Waals surface area (Å²) in [4.78, 5) is 9.97. The largest absolute Gasteiger partial charge is 0.398 e. The van der Waals surface area contributed by atoms with Gasteiger partial charge in [-0.2, -0.15) is 8.42 Å². The molecule has 0 bridgehead atoms. The van der Waals surface area contributed by atoms with Gasteiger partial charge in [0.1, 0.15) is 4.90 Å². The van der Waals surface area contributed by atoms with Crippen molar-refractivity contribution in [2.75, 3.05) is 5.73 Å². The molecular formula is C7H7NO4S. The van der Waals surface area contributed by atoms with Crippen molar-refractivity contribution in [1.82, 2.24) is 0 Å². The number of carbonyl (C=O) groups is 1. The Labute approximate surface area is 74.9 Å². The molecule has 0 amide bonds. The molecule has 0 heterocycles. The third-order valence-electron chi connectivity index (χ3n) is 1.50. The van der Waals surface area contributed by atoms with Crippen LogP contribution in [0.4, 0.5) is 5.69 Å². The average Bonchev–Trinajstić information content (AvgIpc) is 2.02. The Balaban J connectivity index is 3.56. The standard InChI is InChI=1S/C7H7NO4S/c8-6-2-1-3-7(5(6)4-9)13(10,11)12/h1-4H,8H2,(H,10,11,12). The molecule has 0 saturated carbocycles. The van der Waals surface area contributed by atoms with Gasteiger partial charge in [-0.15, -0.1) is 0 Å². The van der Waals surface area contributed by atoms with Crippen LogP contribution in [0.3, 0.4) is 0 Å². The number of nitrogens with two attached hydrogens (primary N) is 1. The summed E-state index contributed by atoms with van der Waals surface area (Å²) in [5.74, 6) is 0. The molecule has 0 spiro atoms. The van der Waals surface area contributed by atoms with Gasteiger partial charge in [-0.3, -0.25) is 9.35 Å². The fraction of sp³-hybridized carbons (Fsp3) is 0. The quantitative estimate of drug-likeness (QED) is 0.408. The maximum Gasteiger partial charge on any atom is 0.295 e. The number of aldehydes is 1. The molecule has 0 aliphatic rings. The first-order chi connectivity index (χ1) is 5.96. The molecule has 13 heavy (non-hydrogen) atoms. The maximum atomic E-state index is 10.7. The van der Waals surface area contributed by atoms with Crippen molar-refractivity contribution >= 4 is 22.1 Å². The summed E-state index contributed by atoms with van der Waals surface area (Å²) >= 11 is 0. The molecule has 0 fully saturated rings. The minimum absolute atomic E-state index is 0.0186. The van der Waals surface area contributed by atoms with Crippen LogP contribution in [-0.2, 0) is 10.1 Å². The lowest BCUT2D eigenvalue weighted by molar-refractivity contribution is 0.112. The van der Waals surface area contributed by atoms with Crippen LogP contribution < -0.4 is 5.73 Å². The normalized spacial score (nSPS) is 11.2. The predicted octanol–water partition coefficient (Wildman–Crippen LogP) is 0.328. The summed E-state index contributed by atoms with van der Waals surface area (Å²) in [6.45, 7) is 0. The monoisotopic (exact) mass is 201 g/mol. The predicted molar refractivity (Wildman–Crippen MR) is 46.1 cm³/mol. The van der Waals surface area contributed by atoms with Gasteiger partial charge in [-0.05, 0) is 12.1 Å². The Bertz CT molecular complexity index is 438. The van der Waals surface area contributed by atoms with Crippen LogP contribution in [0.1, 0.15) is 10.4 Å². The van der Waals surface area contributed by atoms with Gasteiger partial charge in [0.15, 0.2) is 6.29 Å². The molecular weight excluding hydrogens is 194 g/mol. The van der Waals surface area contributed by atoms with Crippen LogP contribution in [0.5, 0.6) is 0 Å². The van der Waals surface area contributed by atoms with Crippen LogP contribution in [0, 0.1) is 0 Å². The first-order valence-corrected chi connectivity index (χ1v) is 4.72. The Morgan fingerprint density at radius 2 is 2.00 bits per heavy atom. The number of anilines is 1. The lowest BCUT2D eigenvalue weighted by Gasteiger charge is -2.02. The number of nitrogen functional groups attached to an aromatic ring is 1. The molecule has 0 atom stereocenters. The van der Waals surface area contributed by atoms with Crippen molar-refractivity contribution in [3.05, 3.63) is 23.8 Å². The van der Waals surface area contributed by atoms with Crippen molar-refractivity contribution in [3.63, 3.8) is 0 Å². The van der Waals surface area contributed by atoms with E-state index in [-0.39, 0.29) is 11.3 Å². The first-order valence-electron chi connectivity index (χ1n) is 3.28. The SMILES string of the molecule is Nc1cccc(S(=O)(=O)O)c1C=O. The van der Waals surface area contributed by atoms with Crippen molar-refractivity contribution in [2.24, 2.45) is 0 Å². The van der Waals surface area contributed by atoms with E-state index in [1.165, 1.54) is 12.1 Å². The molecule has 0 aromatic heterocycles. The molecule has 3 N–H and O–H groups in total. The van der Waals surface area contributed by atoms with E-state index >= 15 is 0 Å². The van der Waals surface area contributed by atoms with E-state index < -0.39 is 15.0 Å². The minimum Gasteiger partial charge on any atom is -0.398 e. The number of carbonyl (C=O) groups excluding carboxylic acids is 1. The maximum absolute atomic E-state index is 10.7. The van der Waals surface area contributed by atoms with Crippen LogP contribution >= 0.6 is 0 Å². The van der Waals surface area contributed by atoms with E-state index in [1.54, 1.807) is 0 Å². The summed E-state index contributed by atoms with van der Waals surface area (Å²) in [6.07, 6.45) is 0.290. The summed E-state index contributed by atoms with van der Waals surface area (Å²) in [5.41, 5.74) is 5.12. The summed E-state index contributed by atoms with van der Waals surface area (Å²) < 4.78 is 30.1. The number of hydrogen-bond donors (Lipinski definition) is 2. The van der Waals surface area contributed by atoms with Gasteiger partial charge in [0, 0.05) is 5.69 Å². The Morgan fingerprint density at radius 3 is 2.38 bits per heavy atom. The summed E-state index contributed by atoms with van der Waals surface area (Å²) in [6, 6.07) is 3.82. The highest BCUT2D eigenvalue weighted by atomic mass is 32.2. The van der Waals surface area contributed by atoms with Gasteiger partial charge in [0.25, 0.3) is 10.1 Å². The molecule has 0 radical (unpaired) electrons. The number of rotatable bonds is 2. The molecule has 6 heteroatoms. The molecule has 0 aliphatic carbocycles. The third-order valence-corrected chi connectivity index (χ3v) is 2.41. The van der Waals surface area contributed by atoms with Crippen LogP contribution in [0.25, 0.3) is 0 Å². The van der Waals surface area contributed by atoms with Gasteiger partial charge >= 0.3 is 0 Å². The molecule has 70 valence electrons. The molecule has 5 nitrogen and oxygen atoms in total. The van der Waals surface area contributed by atoms with E-state index in [9.17, 15) is 13.2 Å². The van der Waals surface area contributed by atoms with Crippen molar-refractivity contribution in [2.45, 2.75) is 4.90 Å². The topological polar surface area (TPSA) is 97.5 Å². The van der Waals surface area contributed by atoms with Crippen molar-refractivity contribution < 1.29 is 17.8 Å². The smallest absolute Gasteiger partial charge is 0.295 e.